The van der Waals surface area contributed by atoms with Crippen LogP contribution in [-0.2, 0) is 16.6 Å². The van der Waals surface area contributed by atoms with Crippen LogP contribution in [0.1, 0.15) is 24.8 Å². The molecule has 2 N–H and O–H groups in total. The molecule has 3 rings (SSSR count). The summed E-state index contributed by atoms with van der Waals surface area (Å²) >= 11 is 0. The summed E-state index contributed by atoms with van der Waals surface area (Å²) in [6, 6.07) is 0. The van der Waals surface area contributed by atoms with Crippen molar-refractivity contribution in [2.45, 2.75) is 18.9 Å². The average Bonchev–Trinajstić information content (AvgIpc) is 3.10. The Hall–Kier alpha value is -2.15. The van der Waals surface area contributed by atoms with Gasteiger partial charge in [0.15, 0.2) is 0 Å². The lowest BCUT2D eigenvalue weighted by Gasteiger charge is -2.30. The minimum atomic E-state index is -0.296. The Balaban J connectivity index is 1.78. The van der Waals surface area contributed by atoms with Gasteiger partial charge in [-0.3, -0.25) is 9.89 Å². The minimum Gasteiger partial charge on any atom is -0.369 e. The number of H-pyrrole nitrogens is 1. The molecule has 2 aromatic heterocycles. The van der Waals surface area contributed by atoms with Gasteiger partial charge < -0.3 is 14.6 Å². The fourth-order valence-electron chi connectivity index (χ4n) is 2.51. The van der Waals surface area contributed by atoms with E-state index < -0.39 is 0 Å². The van der Waals surface area contributed by atoms with Crippen LogP contribution in [0.5, 0.6) is 0 Å². The quantitative estimate of drug-likeness (QED) is 0.883. The van der Waals surface area contributed by atoms with Crippen molar-refractivity contribution in [2.24, 2.45) is 13.0 Å². The summed E-state index contributed by atoms with van der Waals surface area (Å²) in [5.41, 5.74) is 0.666. The summed E-state index contributed by atoms with van der Waals surface area (Å²) in [4.78, 5) is 16.7. The molecule has 1 amide bonds. The van der Waals surface area contributed by atoms with Crippen molar-refractivity contribution in [1.82, 2.24) is 19.7 Å². The zero-order valence-electron chi connectivity index (χ0n) is 11.2. The molecule has 7 heteroatoms. The number of anilines is 1. The molecule has 0 saturated carbocycles. The molecule has 0 aliphatic carbocycles. The summed E-state index contributed by atoms with van der Waals surface area (Å²) in [6.45, 7) is 0.660. The largest absolute Gasteiger partial charge is 0.369 e. The van der Waals surface area contributed by atoms with Crippen molar-refractivity contribution in [3.05, 3.63) is 30.6 Å². The lowest BCUT2D eigenvalue weighted by Crippen LogP contribution is -2.34. The Labute approximate surface area is 116 Å². The highest BCUT2D eigenvalue weighted by Gasteiger charge is 2.35. The Morgan fingerprint density at radius 3 is 3.20 bits per heavy atom. The van der Waals surface area contributed by atoms with Gasteiger partial charge in [0.2, 0.25) is 5.91 Å². The molecule has 2 atom stereocenters. The van der Waals surface area contributed by atoms with Gasteiger partial charge in [-0.15, -0.1) is 0 Å². The smallest absolute Gasteiger partial charge is 0.230 e. The summed E-state index contributed by atoms with van der Waals surface area (Å²) < 4.78 is 7.69. The number of hydrogen-bond donors (Lipinski definition) is 2. The van der Waals surface area contributed by atoms with Crippen LogP contribution in [0.3, 0.4) is 0 Å². The number of aromatic amines is 1. The minimum absolute atomic E-state index is 0.0564. The number of ether oxygens (including phenoxy) is 1. The predicted octanol–water partition coefficient (Wildman–Crippen LogP) is 1.25. The van der Waals surface area contributed by atoms with Gasteiger partial charge in [0.05, 0.1) is 17.8 Å². The molecule has 1 saturated heterocycles. The van der Waals surface area contributed by atoms with Crippen LogP contribution in [0.4, 0.5) is 5.69 Å². The van der Waals surface area contributed by atoms with E-state index in [4.69, 9.17) is 4.74 Å². The number of carbonyl (C=O) groups is 1. The Morgan fingerprint density at radius 2 is 2.50 bits per heavy atom. The summed E-state index contributed by atoms with van der Waals surface area (Å²) in [5, 5.41) is 9.34. The molecule has 1 fully saturated rings. The number of imidazole rings is 1. The second-order valence-corrected chi connectivity index (χ2v) is 4.91. The molecular weight excluding hydrogens is 258 g/mol. The van der Waals surface area contributed by atoms with Crippen molar-refractivity contribution in [1.29, 1.82) is 0 Å². The van der Waals surface area contributed by atoms with Gasteiger partial charge in [0.25, 0.3) is 0 Å². The van der Waals surface area contributed by atoms with E-state index in [1.54, 1.807) is 18.6 Å². The zero-order chi connectivity index (χ0) is 13.9. The lowest BCUT2D eigenvalue weighted by atomic mass is 9.92. The third-order valence-electron chi connectivity index (χ3n) is 3.54. The molecule has 2 aromatic rings. The van der Waals surface area contributed by atoms with Crippen molar-refractivity contribution in [3.63, 3.8) is 0 Å². The number of nitrogens with one attached hydrogen (secondary N) is 2. The first-order valence-corrected chi connectivity index (χ1v) is 6.64. The molecule has 0 radical (unpaired) electrons. The number of hydrogen-bond acceptors (Lipinski definition) is 4. The molecule has 1 aliphatic heterocycles. The number of nitrogens with zero attached hydrogens (tertiary/aromatic N) is 3. The zero-order valence-corrected chi connectivity index (χ0v) is 11.2. The van der Waals surface area contributed by atoms with Crippen molar-refractivity contribution < 1.29 is 9.53 Å². The molecule has 20 heavy (non-hydrogen) atoms. The van der Waals surface area contributed by atoms with E-state index >= 15 is 0 Å². The van der Waals surface area contributed by atoms with Crippen LogP contribution in [0.2, 0.25) is 0 Å². The topological polar surface area (TPSA) is 84.8 Å². The normalized spacial score (nSPS) is 22.6. The fraction of sp³-hybridized carbons (Fsp3) is 0.462. The van der Waals surface area contributed by atoms with E-state index in [-0.39, 0.29) is 17.9 Å². The second kappa shape index (κ2) is 5.46. The molecular formula is C13H17N5O2. The van der Waals surface area contributed by atoms with E-state index in [9.17, 15) is 4.79 Å². The van der Waals surface area contributed by atoms with Crippen LogP contribution in [0, 0.1) is 5.92 Å². The Bertz CT molecular complexity index is 577. The molecule has 0 aromatic carbocycles. The van der Waals surface area contributed by atoms with Gasteiger partial charge in [-0.05, 0) is 12.8 Å². The van der Waals surface area contributed by atoms with Gasteiger partial charge in [-0.2, -0.15) is 5.10 Å². The number of rotatable bonds is 3. The molecule has 1 aliphatic rings. The van der Waals surface area contributed by atoms with E-state index in [1.165, 1.54) is 0 Å². The van der Waals surface area contributed by atoms with Gasteiger partial charge in [-0.25, -0.2) is 4.98 Å². The maximum atomic E-state index is 12.4. The standard InChI is InChI=1S/C13H17N5O2/c1-18-5-4-14-12(18)11-10(3-2-6-20-11)13(19)17-9-7-15-16-8-9/h4-5,7-8,10-11H,2-3,6H2,1H3,(H,15,16)(H,17,19)/t10-,11-/m1/s1. The first-order chi connectivity index (χ1) is 9.75. The molecule has 7 nitrogen and oxygen atoms in total. The summed E-state index contributed by atoms with van der Waals surface area (Å²) in [5.74, 6) is 0.496. The van der Waals surface area contributed by atoms with E-state index in [0.29, 0.717) is 12.3 Å². The third-order valence-corrected chi connectivity index (χ3v) is 3.54. The monoisotopic (exact) mass is 275 g/mol. The molecule has 0 bridgehead atoms. The SMILES string of the molecule is Cn1ccnc1[C@@H]1OCCC[C@H]1C(=O)Nc1cn[nH]c1. The molecule has 106 valence electrons. The number of aryl methyl sites for hydroxylation is 1. The average molecular weight is 275 g/mol. The van der Waals surface area contributed by atoms with E-state index in [2.05, 4.69) is 20.5 Å². The number of aromatic nitrogens is 4. The van der Waals surface area contributed by atoms with Crippen LogP contribution in [0.15, 0.2) is 24.8 Å². The molecule has 3 heterocycles. The van der Waals surface area contributed by atoms with E-state index in [1.807, 2.05) is 17.8 Å². The maximum Gasteiger partial charge on any atom is 0.230 e. The highest BCUT2D eigenvalue weighted by Crippen LogP contribution is 2.33. The second-order valence-electron chi connectivity index (χ2n) is 4.91. The van der Waals surface area contributed by atoms with Crippen molar-refractivity contribution in [2.75, 3.05) is 11.9 Å². The van der Waals surface area contributed by atoms with Gasteiger partial charge in [-0.1, -0.05) is 0 Å². The van der Waals surface area contributed by atoms with Gasteiger partial charge in [0.1, 0.15) is 11.9 Å². The molecule has 0 unspecified atom stereocenters. The van der Waals surface area contributed by atoms with Gasteiger partial charge >= 0.3 is 0 Å². The van der Waals surface area contributed by atoms with Crippen molar-refractivity contribution >= 4 is 11.6 Å². The first kappa shape index (κ1) is 12.9. The number of carbonyl (C=O) groups excluding carboxylic acids is 1. The third kappa shape index (κ3) is 2.44. The van der Waals surface area contributed by atoms with Crippen LogP contribution in [0.25, 0.3) is 0 Å². The molecule has 0 spiro atoms. The summed E-state index contributed by atoms with van der Waals surface area (Å²) in [6.07, 6.45) is 8.19. The van der Waals surface area contributed by atoms with Crippen LogP contribution in [-0.4, -0.2) is 32.3 Å². The first-order valence-electron chi connectivity index (χ1n) is 6.64. The lowest BCUT2D eigenvalue weighted by molar-refractivity contribution is -0.130. The highest BCUT2D eigenvalue weighted by atomic mass is 16.5. The van der Waals surface area contributed by atoms with Crippen LogP contribution < -0.4 is 5.32 Å². The summed E-state index contributed by atoms with van der Waals surface area (Å²) in [7, 11) is 1.91. The van der Waals surface area contributed by atoms with Gasteiger partial charge in [0, 0.05) is 32.2 Å². The fourth-order valence-corrected chi connectivity index (χ4v) is 2.51. The highest BCUT2D eigenvalue weighted by molar-refractivity contribution is 5.92. The van der Waals surface area contributed by atoms with Crippen LogP contribution >= 0.6 is 0 Å². The predicted molar refractivity (Wildman–Crippen MR) is 71.8 cm³/mol. The Morgan fingerprint density at radius 1 is 1.60 bits per heavy atom. The van der Waals surface area contributed by atoms with Crippen molar-refractivity contribution in [3.8, 4) is 0 Å². The van der Waals surface area contributed by atoms with E-state index in [0.717, 1.165) is 18.7 Å². The number of amides is 1. The maximum absolute atomic E-state index is 12.4. The Kier molecular flexibility index (Phi) is 3.51.